The van der Waals surface area contributed by atoms with Gasteiger partial charge in [0.05, 0.1) is 11.6 Å². The van der Waals surface area contributed by atoms with Crippen LogP contribution in [0.15, 0.2) is 54.6 Å². The first kappa shape index (κ1) is 17.3. The average molecular weight is 333 g/mol. The lowest BCUT2D eigenvalue weighted by Gasteiger charge is -2.13. The summed E-state index contributed by atoms with van der Waals surface area (Å²) in [6.07, 6.45) is 1.02. The lowest BCUT2D eigenvalue weighted by molar-refractivity contribution is -0.121. The number of ether oxygens (including phenoxy) is 1. The van der Waals surface area contributed by atoms with E-state index in [0.29, 0.717) is 36.8 Å². The predicted octanol–water partition coefficient (Wildman–Crippen LogP) is 3.32. The fourth-order valence-electron chi connectivity index (χ4n) is 2.11. The third-order valence-corrected chi connectivity index (χ3v) is 3.70. The van der Waals surface area contributed by atoms with Crippen molar-refractivity contribution in [2.75, 3.05) is 13.2 Å². The second-order valence-electron chi connectivity index (χ2n) is 5.20. The average Bonchev–Trinajstić information content (AvgIpc) is 2.59. The number of nitrogens with two attached hydrogens (primary N) is 1. The molecule has 1 unspecified atom stereocenters. The SMILES string of the molecule is NC(CNC(=O)CCCOc1ccccc1Cl)c1ccccc1. The van der Waals surface area contributed by atoms with Crippen LogP contribution in [0.3, 0.4) is 0 Å². The van der Waals surface area contributed by atoms with E-state index in [0.717, 1.165) is 5.56 Å². The number of carbonyl (C=O) groups excluding carboxylic acids is 1. The molecular weight excluding hydrogens is 312 g/mol. The van der Waals surface area contributed by atoms with Crippen LogP contribution in [0.5, 0.6) is 5.75 Å². The molecule has 1 amide bonds. The van der Waals surface area contributed by atoms with Crippen molar-refractivity contribution in [1.29, 1.82) is 0 Å². The maximum Gasteiger partial charge on any atom is 0.220 e. The highest BCUT2D eigenvalue weighted by Gasteiger charge is 2.08. The number of hydrogen-bond donors (Lipinski definition) is 2. The fraction of sp³-hybridized carbons (Fsp3) is 0.278. The van der Waals surface area contributed by atoms with Crippen molar-refractivity contribution < 1.29 is 9.53 Å². The van der Waals surface area contributed by atoms with Crippen LogP contribution in [-0.2, 0) is 4.79 Å². The zero-order valence-electron chi connectivity index (χ0n) is 12.9. The molecule has 2 aromatic carbocycles. The van der Waals surface area contributed by atoms with E-state index in [1.807, 2.05) is 42.5 Å². The van der Waals surface area contributed by atoms with Crippen molar-refractivity contribution >= 4 is 17.5 Å². The molecule has 0 aliphatic rings. The van der Waals surface area contributed by atoms with E-state index in [9.17, 15) is 4.79 Å². The molecule has 0 aromatic heterocycles. The predicted molar refractivity (Wildman–Crippen MR) is 92.6 cm³/mol. The summed E-state index contributed by atoms with van der Waals surface area (Å²) in [5, 5.41) is 3.42. The Labute approximate surface area is 141 Å². The summed E-state index contributed by atoms with van der Waals surface area (Å²) < 4.78 is 5.55. The van der Waals surface area contributed by atoms with Crippen molar-refractivity contribution in [3.63, 3.8) is 0 Å². The third kappa shape index (κ3) is 5.93. The van der Waals surface area contributed by atoms with Gasteiger partial charge in [0.25, 0.3) is 0 Å². The molecule has 0 saturated heterocycles. The molecular formula is C18H21ClN2O2. The molecule has 2 aromatic rings. The molecule has 0 saturated carbocycles. The highest BCUT2D eigenvalue weighted by atomic mass is 35.5. The minimum Gasteiger partial charge on any atom is -0.492 e. The Morgan fingerprint density at radius 3 is 2.57 bits per heavy atom. The first-order valence-corrected chi connectivity index (χ1v) is 7.99. The van der Waals surface area contributed by atoms with Crippen molar-refractivity contribution in [2.45, 2.75) is 18.9 Å². The number of halogens is 1. The second kappa shape index (κ2) is 9.18. The van der Waals surface area contributed by atoms with Gasteiger partial charge in [-0.25, -0.2) is 0 Å². The van der Waals surface area contributed by atoms with Crippen LogP contribution in [0.4, 0.5) is 0 Å². The molecule has 3 N–H and O–H groups in total. The summed E-state index contributed by atoms with van der Waals surface area (Å²) >= 11 is 5.99. The summed E-state index contributed by atoms with van der Waals surface area (Å²) in [6.45, 7) is 0.871. The highest BCUT2D eigenvalue weighted by Crippen LogP contribution is 2.23. The first-order chi connectivity index (χ1) is 11.2. The topological polar surface area (TPSA) is 64.3 Å². The van der Waals surface area contributed by atoms with Gasteiger partial charge in [0.1, 0.15) is 5.75 Å². The van der Waals surface area contributed by atoms with Gasteiger partial charge in [0.15, 0.2) is 0 Å². The van der Waals surface area contributed by atoms with Crippen LogP contribution < -0.4 is 15.8 Å². The molecule has 0 fully saturated rings. The minimum atomic E-state index is -0.195. The molecule has 0 heterocycles. The smallest absolute Gasteiger partial charge is 0.220 e. The van der Waals surface area contributed by atoms with Gasteiger partial charge in [0.2, 0.25) is 5.91 Å². The fourth-order valence-corrected chi connectivity index (χ4v) is 2.30. The van der Waals surface area contributed by atoms with Gasteiger partial charge in [-0.1, -0.05) is 54.1 Å². The lowest BCUT2D eigenvalue weighted by atomic mass is 10.1. The van der Waals surface area contributed by atoms with Crippen molar-refractivity contribution in [2.24, 2.45) is 5.73 Å². The molecule has 0 spiro atoms. The number of nitrogens with one attached hydrogen (secondary N) is 1. The molecule has 1 atom stereocenters. The Kier molecular flexibility index (Phi) is 6.91. The van der Waals surface area contributed by atoms with Gasteiger partial charge in [-0.2, -0.15) is 0 Å². The van der Waals surface area contributed by atoms with E-state index < -0.39 is 0 Å². The molecule has 2 rings (SSSR count). The van der Waals surface area contributed by atoms with Gasteiger partial charge in [0, 0.05) is 19.0 Å². The van der Waals surface area contributed by atoms with E-state index in [4.69, 9.17) is 22.1 Å². The zero-order chi connectivity index (χ0) is 16.5. The quantitative estimate of drug-likeness (QED) is 0.729. The lowest BCUT2D eigenvalue weighted by Crippen LogP contribution is -2.31. The number of rotatable bonds is 8. The molecule has 5 heteroatoms. The van der Waals surface area contributed by atoms with Gasteiger partial charge < -0.3 is 15.8 Å². The van der Waals surface area contributed by atoms with Gasteiger partial charge in [-0.15, -0.1) is 0 Å². The van der Waals surface area contributed by atoms with Crippen molar-refractivity contribution in [3.8, 4) is 5.75 Å². The Hall–Kier alpha value is -2.04. The molecule has 23 heavy (non-hydrogen) atoms. The first-order valence-electron chi connectivity index (χ1n) is 7.61. The third-order valence-electron chi connectivity index (χ3n) is 3.39. The van der Waals surface area contributed by atoms with E-state index >= 15 is 0 Å². The normalized spacial score (nSPS) is 11.7. The standard InChI is InChI=1S/C18H21ClN2O2/c19-15-9-4-5-10-17(15)23-12-6-11-18(22)21-13-16(20)14-7-2-1-3-8-14/h1-5,7-10,16H,6,11-13,20H2,(H,21,22). The summed E-state index contributed by atoms with van der Waals surface area (Å²) in [5.74, 6) is 0.611. The molecule has 122 valence electrons. The van der Waals surface area contributed by atoms with Crippen LogP contribution in [0.1, 0.15) is 24.4 Å². The van der Waals surface area contributed by atoms with Crippen molar-refractivity contribution in [3.05, 3.63) is 65.2 Å². The Bertz CT molecular complexity index is 619. The van der Waals surface area contributed by atoms with E-state index in [-0.39, 0.29) is 11.9 Å². The Morgan fingerprint density at radius 1 is 1.13 bits per heavy atom. The van der Waals surface area contributed by atoms with Crippen LogP contribution in [-0.4, -0.2) is 19.1 Å². The number of benzene rings is 2. The van der Waals surface area contributed by atoms with Gasteiger partial charge in [-0.3, -0.25) is 4.79 Å². The molecule has 0 aliphatic carbocycles. The van der Waals surface area contributed by atoms with Crippen LogP contribution in [0.2, 0.25) is 5.02 Å². The molecule has 0 bridgehead atoms. The number of amides is 1. The highest BCUT2D eigenvalue weighted by molar-refractivity contribution is 6.32. The Morgan fingerprint density at radius 2 is 1.83 bits per heavy atom. The minimum absolute atomic E-state index is 0.0286. The number of para-hydroxylation sites is 1. The molecule has 0 radical (unpaired) electrons. The van der Waals surface area contributed by atoms with E-state index in [1.54, 1.807) is 12.1 Å². The summed E-state index contributed by atoms with van der Waals surface area (Å²) in [4.78, 5) is 11.8. The molecule has 4 nitrogen and oxygen atoms in total. The monoisotopic (exact) mass is 332 g/mol. The van der Waals surface area contributed by atoms with Crippen LogP contribution in [0.25, 0.3) is 0 Å². The summed E-state index contributed by atoms with van der Waals surface area (Å²) in [7, 11) is 0. The number of hydrogen-bond acceptors (Lipinski definition) is 3. The molecule has 0 aliphatic heterocycles. The maximum atomic E-state index is 11.8. The van der Waals surface area contributed by atoms with Crippen LogP contribution in [0, 0.1) is 0 Å². The maximum absolute atomic E-state index is 11.8. The van der Waals surface area contributed by atoms with E-state index in [1.165, 1.54) is 0 Å². The number of carbonyl (C=O) groups is 1. The van der Waals surface area contributed by atoms with Gasteiger partial charge >= 0.3 is 0 Å². The van der Waals surface area contributed by atoms with Gasteiger partial charge in [-0.05, 0) is 24.1 Å². The Balaban J connectivity index is 1.63. The van der Waals surface area contributed by atoms with E-state index in [2.05, 4.69) is 5.32 Å². The van der Waals surface area contributed by atoms with Crippen molar-refractivity contribution in [1.82, 2.24) is 5.32 Å². The largest absolute Gasteiger partial charge is 0.492 e. The summed E-state index contributed by atoms with van der Waals surface area (Å²) in [5.41, 5.74) is 7.05. The van der Waals surface area contributed by atoms with Crippen LogP contribution >= 0.6 is 11.6 Å². The summed E-state index contributed by atoms with van der Waals surface area (Å²) in [6, 6.07) is 16.8. The zero-order valence-corrected chi connectivity index (χ0v) is 13.6. The second-order valence-corrected chi connectivity index (χ2v) is 5.61.